The molecule has 0 aliphatic heterocycles. The summed E-state index contributed by atoms with van der Waals surface area (Å²) in [5, 5.41) is 2.84. The molecule has 82 valence electrons. The van der Waals surface area contributed by atoms with Gasteiger partial charge in [0, 0.05) is 20.1 Å². The Morgan fingerprint density at radius 1 is 1.36 bits per heavy atom. The van der Waals surface area contributed by atoms with Gasteiger partial charge in [0.1, 0.15) is 0 Å². The molecule has 4 heteroatoms. The molecule has 1 N–H and O–H groups in total. The summed E-state index contributed by atoms with van der Waals surface area (Å²) in [6.45, 7) is 0.433. The first-order valence-electron chi connectivity index (χ1n) is 5.11. The summed E-state index contributed by atoms with van der Waals surface area (Å²) < 4.78 is 9.95. The molecule has 0 heterocycles. The Morgan fingerprint density at radius 3 is 2.43 bits per heavy atom. The van der Waals surface area contributed by atoms with E-state index in [1.54, 1.807) is 14.2 Å². The van der Waals surface area contributed by atoms with Gasteiger partial charge in [-0.1, -0.05) is 12.8 Å². The van der Waals surface area contributed by atoms with Crippen LogP contribution in [0.3, 0.4) is 0 Å². The second-order valence-corrected chi connectivity index (χ2v) is 3.63. The lowest BCUT2D eigenvalue weighted by atomic mass is 10.1. The van der Waals surface area contributed by atoms with E-state index in [1.165, 1.54) is 12.8 Å². The first kappa shape index (κ1) is 11.5. The van der Waals surface area contributed by atoms with Crippen molar-refractivity contribution in [2.24, 2.45) is 5.92 Å². The highest BCUT2D eigenvalue weighted by Gasteiger charge is 2.22. The Hall–Kier alpha value is -0.610. The Balaban J connectivity index is 2.19. The van der Waals surface area contributed by atoms with Gasteiger partial charge >= 0.3 is 0 Å². The molecular formula is C10H19NO3. The van der Waals surface area contributed by atoms with Gasteiger partial charge < -0.3 is 14.8 Å². The maximum atomic E-state index is 11.6. The van der Waals surface area contributed by atoms with Gasteiger partial charge in [-0.25, -0.2) is 0 Å². The highest BCUT2D eigenvalue weighted by Crippen LogP contribution is 2.24. The van der Waals surface area contributed by atoms with Gasteiger partial charge in [0.25, 0.3) is 0 Å². The lowest BCUT2D eigenvalue weighted by Crippen LogP contribution is -2.37. The summed E-state index contributed by atoms with van der Waals surface area (Å²) >= 11 is 0. The zero-order chi connectivity index (χ0) is 10.4. The Morgan fingerprint density at radius 2 is 1.93 bits per heavy atom. The van der Waals surface area contributed by atoms with Crippen LogP contribution in [-0.2, 0) is 14.3 Å². The topological polar surface area (TPSA) is 47.6 Å². The highest BCUT2D eigenvalue weighted by atomic mass is 16.7. The molecule has 0 aromatic carbocycles. The zero-order valence-electron chi connectivity index (χ0n) is 8.91. The largest absolute Gasteiger partial charge is 0.354 e. The van der Waals surface area contributed by atoms with Crippen molar-refractivity contribution < 1.29 is 14.3 Å². The fraction of sp³-hybridized carbons (Fsp3) is 0.900. The highest BCUT2D eigenvalue weighted by molar-refractivity contribution is 5.78. The number of amides is 1. The first-order chi connectivity index (χ1) is 6.77. The van der Waals surface area contributed by atoms with Crippen molar-refractivity contribution in [3.05, 3.63) is 0 Å². The molecule has 0 saturated heterocycles. The number of ether oxygens (including phenoxy) is 2. The first-order valence-corrected chi connectivity index (χ1v) is 5.11. The van der Waals surface area contributed by atoms with E-state index in [0.29, 0.717) is 6.54 Å². The van der Waals surface area contributed by atoms with Crippen molar-refractivity contribution in [3.8, 4) is 0 Å². The number of carbonyl (C=O) groups is 1. The van der Waals surface area contributed by atoms with Gasteiger partial charge in [-0.05, 0) is 12.8 Å². The average Bonchev–Trinajstić information content (AvgIpc) is 2.72. The van der Waals surface area contributed by atoms with Gasteiger partial charge in [-0.3, -0.25) is 4.79 Å². The number of nitrogens with one attached hydrogen (secondary N) is 1. The van der Waals surface area contributed by atoms with E-state index in [4.69, 9.17) is 9.47 Å². The van der Waals surface area contributed by atoms with Crippen molar-refractivity contribution in [2.45, 2.75) is 32.0 Å². The van der Waals surface area contributed by atoms with E-state index in [9.17, 15) is 4.79 Å². The third-order valence-corrected chi connectivity index (χ3v) is 2.69. The van der Waals surface area contributed by atoms with E-state index < -0.39 is 0 Å². The molecule has 1 aliphatic rings. The van der Waals surface area contributed by atoms with Crippen LogP contribution in [0.4, 0.5) is 0 Å². The van der Waals surface area contributed by atoms with Gasteiger partial charge in [0.15, 0.2) is 6.29 Å². The maximum absolute atomic E-state index is 11.6. The van der Waals surface area contributed by atoms with E-state index >= 15 is 0 Å². The average molecular weight is 201 g/mol. The third kappa shape index (κ3) is 3.27. The molecule has 4 nitrogen and oxygen atoms in total. The van der Waals surface area contributed by atoms with Crippen LogP contribution in [0.5, 0.6) is 0 Å². The smallest absolute Gasteiger partial charge is 0.223 e. The molecule has 1 fully saturated rings. The SMILES string of the molecule is COC(CNC(=O)C1CCCC1)OC. The predicted molar refractivity (Wildman–Crippen MR) is 52.8 cm³/mol. The van der Waals surface area contributed by atoms with E-state index in [2.05, 4.69) is 5.32 Å². The van der Waals surface area contributed by atoms with Gasteiger partial charge in [0.05, 0.1) is 6.54 Å². The summed E-state index contributed by atoms with van der Waals surface area (Å²) in [4.78, 5) is 11.6. The molecule has 0 spiro atoms. The molecule has 1 amide bonds. The standard InChI is InChI=1S/C10H19NO3/c1-13-9(14-2)7-11-10(12)8-5-3-4-6-8/h8-9H,3-7H2,1-2H3,(H,11,12). The van der Waals surface area contributed by atoms with Gasteiger partial charge in [0.2, 0.25) is 5.91 Å². The van der Waals surface area contributed by atoms with Crippen molar-refractivity contribution in [1.29, 1.82) is 0 Å². The quantitative estimate of drug-likeness (QED) is 0.673. The second kappa shape index (κ2) is 5.98. The van der Waals surface area contributed by atoms with Gasteiger partial charge in [-0.15, -0.1) is 0 Å². The summed E-state index contributed by atoms with van der Waals surface area (Å²) in [7, 11) is 3.13. The normalized spacial score (nSPS) is 17.6. The summed E-state index contributed by atoms with van der Waals surface area (Å²) in [6.07, 6.45) is 4.07. The minimum Gasteiger partial charge on any atom is -0.354 e. The summed E-state index contributed by atoms with van der Waals surface area (Å²) in [5.41, 5.74) is 0. The summed E-state index contributed by atoms with van der Waals surface area (Å²) in [5.74, 6) is 0.353. The molecule has 1 saturated carbocycles. The predicted octanol–water partition coefficient (Wildman–Crippen LogP) is 0.912. The molecule has 0 aromatic heterocycles. The Labute approximate surface area is 85.0 Å². The fourth-order valence-electron chi connectivity index (χ4n) is 1.78. The van der Waals surface area contributed by atoms with Crippen LogP contribution >= 0.6 is 0 Å². The molecule has 1 aliphatic carbocycles. The lowest BCUT2D eigenvalue weighted by Gasteiger charge is -2.15. The van der Waals surface area contributed by atoms with E-state index in [-0.39, 0.29) is 18.1 Å². The fourth-order valence-corrected chi connectivity index (χ4v) is 1.78. The molecule has 14 heavy (non-hydrogen) atoms. The van der Waals surface area contributed by atoms with Crippen LogP contribution in [0, 0.1) is 5.92 Å². The van der Waals surface area contributed by atoms with Crippen LogP contribution < -0.4 is 5.32 Å². The molecular weight excluding hydrogens is 182 g/mol. The lowest BCUT2D eigenvalue weighted by molar-refractivity contribution is -0.130. The van der Waals surface area contributed by atoms with Gasteiger partial charge in [-0.2, -0.15) is 0 Å². The number of carbonyl (C=O) groups excluding carboxylic acids is 1. The van der Waals surface area contributed by atoms with Crippen molar-refractivity contribution in [3.63, 3.8) is 0 Å². The monoisotopic (exact) mass is 201 g/mol. The number of hydrogen-bond donors (Lipinski definition) is 1. The number of hydrogen-bond acceptors (Lipinski definition) is 3. The number of rotatable bonds is 5. The van der Waals surface area contributed by atoms with Crippen LogP contribution in [0.15, 0.2) is 0 Å². The van der Waals surface area contributed by atoms with Crippen LogP contribution in [-0.4, -0.2) is 33.0 Å². The Bertz CT molecular complexity index is 174. The molecule has 0 unspecified atom stereocenters. The van der Waals surface area contributed by atoms with Crippen LogP contribution in [0.1, 0.15) is 25.7 Å². The maximum Gasteiger partial charge on any atom is 0.223 e. The van der Waals surface area contributed by atoms with Crippen molar-refractivity contribution in [1.82, 2.24) is 5.32 Å². The summed E-state index contributed by atoms with van der Waals surface area (Å²) in [6, 6.07) is 0. The molecule has 1 rings (SSSR count). The molecule has 0 aromatic rings. The Kier molecular flexibility index (Phi) is 4.90. The second-order valence-electron chi connectivity index (χ2n) is 3.63. The molecule has 0 radical (unpaired) electrons. The molecule has 0 atom stereocenters. The third-order valence-electron chi connectivity index (χ3n) is 2.69. The van der Waals surface area contributed by atoms with Crippen molar-refractivity contribution in [2.75, 3.05) is 20.8 Å². The minimum atomic E-state index is -0.333. The van der Waals surface area contributed by atoms with Crippen LogP contribution in [0.25, 0.3) is 0 Å². The number of methoxy groups -OCH3 is 2. The minimum absolute atomic E-state index is 0.140. The van der Waals surface area contributed by atoms with Crippen molar-refractivity contribution >= 4 is 5.91 Å². The van der Waals surface area contributed by atoms with E-state index in [1.807, 2.05) is 0 Å². The van der Waals surface area contributed by atoms with E-state index in [0.717, 1.165) is 12.8 Å². The zero-order valence-corrected chi connectivity index (χ0v) is 8.91. The van der Waals surface area contributed by atoms with Crippen LogP contribution in [0.2, 0.25) is 0 Å². The molecule has 0 bridgehead atoms.